The third kappa shape index (κ3) is 3.17. The van der Waals surface area contributed by atoms with Crippen LogP contribution in [0, 0.1) is 5.92 Å². The Hall–Kier alpha value is -3.16. The normalized spacial score (nSPS) is 17.3. The van der Waals surface area contributed by atoms with Crippen LogP contribution < -0.4 is 15.0 Å². The van der Waals surface area contributed by atoms with E-state index >= 15 is 0 Å². The number of aromatic nitrogens is 4. The third-order valence-electron chi connectivity index (χ3n) is 4.63. The lowest BCUT2D eigenvalue weighted by atomic mass is 9.97. The van der Waals surface area contributed by atoms with E-state index in [1.807, 2.05) is 36.4 Å². The monoisotopic (exact) mass is 352 g/mol. The summed E-state index contributed by atoms with van der Waals surface area (Å²) in [6, 6.07) is 11.2. The van der Waals surface area contributed by atoms with E-state index in [0.717, 1.165) is 25.2 Å². The first kappa shape index (κ1) is 16.3. The molecule has 8 nitrogen and oxygen atoms in total. The second kappa shape index (κ2) is 6.99. The molecule has 1 atom stereocenters. The Bertz CT molecular complexity index is 925. The van der Waals surface area contributed by atoms with Gasteiger partial charge >= 0.3 is 0 Å². The van der Waals surface area contributed by atoms with Crippen LogP contribution in [0.5, 0.6) is 5.75 Å². The van der Waals surface area contributed by atoms with Crippen LogP contribution in [0.1, 0.15) is 12.8 Å². The molecule has 0 spiro atoms. The van der Waals surface area contributed by atoms with E-state index in [4.69, 9.17) is 4.74 Å². The Labute approximate surface area is 150 Å². The summed E-state index contributed by atoms with van der Waals surface area (Å²) in [5.74, 6) is 1.39. The van der Waals surface area contributed by atoms with Gasteiger partial charge in [-0.2, -0.15) is 4.52 Å². The highest BCUT2D eigenvalue weighted by Crippen LogP contribution is 2.26. The quantitative estimate of drug-likeness (QED) is 0.773. The second-order valence-corrected chi connectivity index (χ2v) is 6.30. The van der Waals surface area contributed by atoms with Gasteiger partial charge in [0.25, 0.3) is 0 Å². The number of fused-ring (bicyclic) bond motifs is 1. The molecule has 134 valence electrons. The first-order chi connectivity index (χ1) is 12.7. The van der Waals surface area contributed by atoms with Gasteiger partial charge in [0.1, 0.15) is 17.9 Å². The molecule has 1 saturated heterocycles. The van der Waals surface area contributed by atoms with Gasteiger partial charge in [0.15, 0.2) is 5.65 Å². The number of rotatable bonds is 4. The van der Waals surface area contributed by atoms with Gasteiger partial charge in [-0.05, 0) is 37.1 Å². The predicted molar refractivity (Wildman–Crippen MR) is 97.3 cm³/mol. The fraction of sp³-hybridized carbons (Fsp3) is 0.333. The number of piperidine rings is 1. The molecule has 0 aliphatic carbocycles. The number of para-hydroxylation sites is 2. The average molecular weight is 352 g/mol. The molecule has 0 radical (unpaired) electrons. The van der Waals surface area contributed by atoms with Gasteiger partial charge in [0.05, 0.1) is 18.7 Å². The van der Waals surface area contributed by atoms with Crippen molar-refractivity contribution in [1.82, 2.24) is 19.8 Å². The van der Waals surface area contributed by atoms with Crippen molar-refractivity contribution in [3.05, 3.63) is 42.7 Å². The zero-order valence-electron chi connectivity index (χ0n) is 14.5. The number of nitrogens with zero attached hydrogens (tertiary/aromatic N) is 5. The molecule has 3 aromatic rings. The molecule has 26 heavy (non-hydrogen) atoms. The third-order valence-corrected chi connectivity index (χ3v) is 4.63. The number of anilines is 2. The average Bonchev–Trinajstić information content (AvgIpc) is 3.16. The molecule has 1 aliphatic rings. The van der Waals surface area contributed by atoms with Gasteiger partial charge in [-0.1, -0.05) is 12.1 Å². The summed E-state index contributed by atoms with van der Waals surface area (Å²) in [4.78, 5) is 14.9. The first-order valence-corrected chi connectivity index (χ1v) is 8.60. The van der Waals surface area contributed by atoms with Crippen LogP contribution in [0.25, 0.3) is 5.65 Å². The van der Waals surface area contributed by atoms with Crippen molar-refractivity contribution in [3.63, 3.8) is 0 Å². The first-order valence-electron chi connectivity index (χ1n) is 8.60. The molecule has 2 aromatic heterocycles. The lowest BCUT2D eigenvalue weighted by molar-refractivity contribution is -0.120. The van der Waals surface area contributed by atoms with E-state index in [2.05, 4.69) is 25.5 Å². The Morgan fingerprint density at radius 3 is 3.04 bits per heavy atom. The highest BCUT2D eigenvalue weighted by Gasteiger charge is 2.27. The predicted octanol–water partition coefficient (Wildman–Crippen LogP) is 1.99. The van der Waals surface area contributed by atoms with Crippen LogP contribution in [0.15, 0.2) is 42.7 Å². The Morgan fingerprint density at radius 2 is 2.15 bits per heavy atom. The molecule has 0 bridgehead atoms. The summed E-state index contributed by atoms with van der Waals surface area (Å²) in [7, 11) is 1.60. The highest BCUT2D eigenvalue weighted by molar-refractivity contribution is 5.94. The van der Waals surface area contributed by atoms with E-state index in [1.165, 1.54) is 0 Å². The van der Waals surface area contributed by atoms with Crippen LogP contribution in [0.3, 0.4) is 0 Å². The number of carbonyl (C=O) groups is 1. The van der Waals surface area contributed by atoms with Crippen molar-refractivity contribution in [2.75, 3.05) is 30.4 Å². The van der Waals surface area contributed by atoms with Gasteiger partial charge in [-0.3, -0.25) is 4.79 Å². The molecule has 3 heterocycles. The Balaban J connectivity index is 1.48. The van der Waals surface area contributed by atoms with E-state index in [0.29, 0.717) is 23.6 Å². The molecule has 1 unspecified atom stereocenters. The maximum absolute atomic E-state index is 12.7. The number of amides is 1. The maximum Gasteiger partial charge on any atom is 0.229 e. The minimum atomic E-state index is -0.105. The van der Waals surface area contributed by atoms with Gasteiger partial charge in [0.2, 0.25) is 5.91 Å². The summed E-state index contributed by atoms with van der Waals surface area (Å²) < 4.78 is 6.95. The standard InChI is InChI=1S/C18H20N6O2/c1-26-15-7-3-2-6-14(15)20-18(25)13-5-4-10-23(11-13)17-9-8-16-21-19-12-24(16)22-17/h2-3,6-9,12-13H,4-5,10-11H2,1H3,(H,20,25). The summed E-state index contributed by atoms with van der Waals surface area (Å²) in [5.41, 5.74) is 1.40. The molecule has 1 amide bonds. The summed E-state index contributed by atoms with van der Waals surface area (Å²) in [5, 5.41) is 15.3. The molecule has 1 aliphatic heterocycles. The van der Waals surface area contributed by atoms with Gasteiger partial charge in [0, 0.05) is 13.1 Å². The summed E-state index contributed by atoms with van der Waals surface area (Å²) in [6.45, 7) is 1.50. The Kier molecular flexibility index (Phi) is 4.39. The van der Waals surface area contributed by atoms with Crippen molar-refractivity contribution in [3.8, 4) is 5.75 Å². The maximum atomic E-state index is 12.7. The molecular formula is C18H20N6O2. The van der Waals surface area contributed by atoms with E-state index in [-0.39, 0.29) is 11.8 Å². The van der Waals surface area contributed by atoms with Gasteiger partial charge < -0.3 is 15.0 Å². The molecule has 1 aromatic carbocycles. The number of ether oxygens (including phenoxy) is 1. The van der Waals surface area contributed by atoms with Crippen molar-refractivity contribution in [2.24, 2.45) is 5.92 Å². The molecule has 8 heteroatoms. The van der Waals surface area contributed by atoms with Crippen LogP contribution in [0.2, 0.25) is 0 Å². The van der Waals surface area contributed by atoms with E-state index < -0.39 is 0 Å². The number of carbonyl (C=O) groups excluding carboxylic acids is 1. The summed E-state index contributed by atoms with van der Waals surface area (Å²) in [6.07, 6.45) is 3.37. The number of benzene rings is 1. The van der Waals surface area contributed by atoms with Gasteiger partial charge in [-0.25, -0.2) is 0 Å². The zero-order valence-corrected chi connectivity index (χ0v) is 14.5. The van der Waals surface area contributed by atoms with E-state index in [9.17, 15) is 4.79 Å². The molecule has 1 fully saturated rings. The largest absolute Gasteiger partial charge is 0.495 e. The molecular weight excluding hydrogens is 332 g/mol. The second-order valence-electron chi connectivity index (χ2n) is 6.30. The van der Waals surface area contributed by atoms with Crippen molar-refractivity contribution >= 4 is 23.1 Å². The Morgan fingerprint density at radius 1 is 1.27 bits per heavy atom. The smallest absolute Gasteiger partial charge is 0.229 e. The van der Waals surface area contributed by atoms with Crippen LogP contribution in [-0.4, -0.2) is 45.9 Å². The lowest BCUT2D eigenvalue weighted by Crippen LogP contribution is -2.41. The van der Waals surface area contributed by atoms with Crippen LogP contribution in [-0.2, 0) is 4.79 Å². The molecule has 0 saturated carbocycles. The number of methoxy groups -OCH3 is 1. The molecule has 1 N–H and O–H groups in total. The van der Waals surface area contributed by atoms with Crippen LogP contribution in [0.4, 0.5) is 11.5 Å². The van der Waals surface area contributed by atoms with Crippen LogP contribution >= 0.6 is 0 Å². The fourth-order valence-electron chi connectivity index (χ4n) is 3.27. The van der Waals surface area contributed by atoms with E-state index in [1.54, 1.807) is 18.0 Å². The minimum Gasteiger partial charge on any atom is -0.495 e. The number of hydrogen-bond acceptors (Lipinski definition) is 6. The number of nitrogens with one attached hydrogen (secondary N) is 1. The highest BCUT2D eigenvalue weighted by atomic mass is 16.5. The van der Waals surface area contributed by atoms with Crippen molar-refractivity contribution in [1.29, 1.82) is 0 Å². The number of hydrogen-bond donors (Lipinski definition) is 1. The lowest BCUT2D eigenvalue weighted by Gasteiger charge is -2.32. The van der Waals surface area contributed by atoms with Crippen molar-refractivity contribution in [2.45, 2.75) is 12.8 Å². The SMILES string of the molecule is COc1ccccc1NC(=O)C1CCCN(c2ccc3nncn3n2)C1. The summed E-state index contributed by atoms with van der Waals surface area (Å²) >= 11 is 0. The molecule has 4 rings (SSSR count). The minimum absolute atomic E-state index is 0.00424. The topological polar surface area (TPSA) is 84.6 Å². The fourth-order valence-corrected chi connectivity index (χ4v) is 3.27. The van der Waals surface area contributed by atoms with Crippen molar-refractivity contribution < 1.29 is 9.53 Å². The van der Waals surface area contributed by atoms with Gasteiger partial charge in [-0.15, -0.1) is 15.3 Å². The zero-order chi connectivity index (χ0) is 17.9.